The fraction of sp³-hybridized carbons (Fsp3) is 0.200. The SMILES string of the molecule is Cc1cc2ncn(-c3nccc(CCl)c3F)c2cc1C. The van der Waals surface area contributed by atoms with Crippen molar-refractivity contribution in [2.45, 2.75) is 19.7 Å². The standard InChI is InChI=1S/C15H13ClFN3/c1-9-5-12-13(6-10(9)2)20(8-19-12)15-14(17)11(7-16)3-4-18-15/h3-6,8H,7H2,1-2H3. The van der Waals surface area contributed by atoms with Gasteiger partial charge in [0.15, 0.2) is 11.6 Å². The van der Waals surface area contributed by atoms with E-state index in [0.717, 1.165) is 22.2 Å². The van der Waals surface area contributed by atoms with Crippen molar-refractivity contribution in [3.63, 3.8) is 0 Å². The Morgan fingerprint density at radius 1 is 1.20 bits per heavy atom. The van der Waals surface area contributed by atoms with Crippen molar-refractivity contribution in [2.75, 3.05) is 0 Å². The number of aryl methyl sites for hydroxylation is 2. The fourth-order valence-corrected chi connectivity index (χ4v) is 2.38. The number of imidazole rings is 1. The number of hydrogen-bond donors (Lipinski definition) is 0. The molecule has 2 aromatic heterocycles. The minimum absolute atomic E-state index is 0.117. The molecule has 0 N–H and O–H groups in total. The van der Waals surface area contributed by atoms with Crippen molar-refractivity contribution in [3.8, 4) is 5.82 Å². The number of fused-ring (bicyclic) bond motifs is 1. The first kappa shape index (κ1) is 13.1. The van der Waals surface area contributed by atoms with Crippen LogP contribution in [0.3, 0.4) is 0 Å². The first-order valence-electron chi connectivity index (χ1n) is 6.26. The van der Waals surface area contributed by atoms with Gasteiger partial charge in [-0.2, -0.15) is 0 Å². The fourth-order valence-electron chi connectivity index (χ4n) is 2.18. The van der Waals surface area contributed by atoms with Gasteiger partial charge in [0.25, 0.3) is 0 Å². The number of alkyl halides is 1. The molecule has 1 aromatic carbocycles. The minimum Gasteiger partial charge on any atom is -0.280 e. The molecule has 0 aliphatic heterocycles. The number of pyridine rings is 1. The molecule has 0 radical (unpaired) electrons. The Balaban J connectivity index is 2.28. The van der Waals surface area contributed by atoms with Crippen LogP contribution in [0, 0.1) is 19.7 Å². The molecule has 0 amide bonds. The molecule has 0 atom stereocenters. The molecular formula is C15H13ClFN3. The lowest BCUT2D eigenvalue weighted by Crippen LogP contribution is -2.02. The van der Waals surface area contributed by atoms with Gasteiger partial charge in [0.1, 0.15) is 6.33 Å². The quantitative estimate of drug-likeness (QED) is 0.670. The second-order valence-corrected chi connectivity index (χ2v) is 5.05. The normalized spacial score (nSPS) is 11.2. The molecule has 2 heterocycles. The van der Waals surface area contributed by atoms with Crippen LogP contribution >= 0.6 is 11.6 Å². The van der Waals surface area contributed by atoms with Crippen LogP contribution in [-0.4, -0.2) is 14.5 Å². The lowest BCUT2D eigenvalue weighted by molar-refractivity contribution is 0.600. The summed E-state index contributed by atoms with van der Waals surface area (Å²) in [6, 6.07) is 5.57. The third-order valence-corrected chi connectivity index (χ3v) is 3.77. The van der Waals surface area contributed by atoms with E-state index in [1.54, 1.807) is 23.2 Å². The Morgan fingerprint density at radius 3 is 2.70 bits per heavy atom. The summed E-state index contributed by atoms with van der Waals surface area (Å²) in [5.41, 5.74) is 4.39. The zero-order chi connectivity index (χ0) is 14.3. The van der Waals surface area contributed by atoms with Gasteiger partial charge in [-0.15, -0.1) is 11.6 Å². The largest absolute Gasteiger partial charge is 0.280 e. The molecule has 3 rings (SSSR count). The van der Waals surface area contributed by atoms with Gasteiger partial charge in [-0.05, 0) is 43.2 Å². The van der Waals surface area contributed by atoms with E-state index in [0.29, 0.717) is 5.56 Å². The Bertz CT molecular complexity index is 795. The predicted molar refractivity (Wildman–Crippen MR) is 77.9 cm³/mol. The molecular weight excluding hydrogens is 277 g/mol. The number of aromatic nitrogens is 3. The van der Waals surface area contributed by atoms with E-state index < -0.39 is 5.82 Å². The van der Waals surface area contributed by atoms with Gasteiger partial charge in [-0.25, -0.2) is 14.4 Å². The summed E-state index contributed by atoms with van der Waals surface area (Å²) in [7, 11) is 0. The summed E-state index contributed by atoms with van der Waals surface area (Å²) in [6.07, 6.45) is 3.15. The third kappa shape index (κ3) is 1.96. The number of rotatable bonds is 2. The van der Waals surface area contributed by atoms with Gasteiger partial charge < -0.3 is 0 Å². The van der Waals surface area contributed by atoms with Gasteiger partial charge >= 0.3 is 0 Å². The maximum absolute atomic E-state index is 14.3. The molecule has 102 valence electrons. The van der Waals surface area contributed by atoms with Crippen molar-refractivity contribution in [3.05, 3.63) is 53.2 Å². The van der Waals surface area contributed by atoms with E-state index in [9.17, 15) is 4.39 Å². The Labute approximate surface area is 121 Å². The van der Waals surface area contributed by atoms with Crippen molar-refractivity contribution in [1.29, 1.82) is 0 Å². The van der Waals surface area contributed by atoms with Crippen molar-refractivity contribution >= 4 is 22.6 Å². The average Bonchev–Trinajstić information content (AvgIpc) is 2.82. The van der Waals surface area contributed by atoms with Crippen LogP contribution in [0.2, 0.25) is 0 Å². The van der Waals surface area contributed by atoms with Gasteiger partial charge in [-0.1, -0.05) is 0 Å². The molecule has 20 heavy (non-hydrogen) atoms. The summed E-state index contributed by atoms with van der Waals surface area (Å²) in [4.78, 5) is 8.44. The van der Waals surface area contributed by atoms with E-state index in [1.807, 2.05) is 26.0 Å². The summed E-state index contributed by atoms with van der Waals surface area (Å²) < 4.78 is 16.0. The van der Waals surface area contributed by atoms with Crippen LogP contribution in [0.4, 0.5) is 4.39 Å². The highest BCUT2D eigenvalue weighted by molar-refractivity contribution is 6.17. The van der Waals surface area contributed by atoms with Gasteiger partial charge in [0.2, 0.25) is 0 Å². The van der Waals surface area contributed by atoms with Crippen molar-refractivity contribution in [2.24, 2.45) is 0 Å². The van der Waals surface area contributed by atoms with Crippen LogP contribution in [0.1, 0.15) is 16.7 Å². The van der Waals surface area contributed by atoms with Crippen LogP contribution < -0.4 is 0 Å². The molecule has 3 nitrogen and oxygen atoms in total. The molecule has 0 fully saturated rings. The lowest BCUT2D eigenvalue weighted by atomic mass is 10.1. The number of hydrogen-bond acceptors (Lipinski definition) is 2. The smallest absolute Gasteiger partial charge is 0.175 e. The van der Waals surface area contributed by atoms with E-state index >= 15 is 0 Å². The molecule has 0 spiro atoms. The number of halogens is 2. The molecule has 0 aliphatic rings. The van der Waals surface area contributed by atoms with Crippen LogP contribution in [0.15, 0.2) is 30.7 Å². The monoisotopic (exact) mass is 289 g/mol. The van der Waals surface area contributed by atoms with E-state index in [2.05, 4.69) is 9.97 Å². The molecule has 0 saturated carbocycles. The van der Waals surface area contributed by atoms with Gasteiger partial charge in [0.05, 0.1) is 16.9 Å². The second kappa shape index (κ2) is 4.87. The Morgan fingerprint density at radius 2 is 1.95 bits per heavy atom. The minimum atomic E-state index is -0.403. The average molecular weight is 290 g/mol. The maximum atomic E-state index is 14.3. The molecule has 3 aromatic rings. The first-order valence-corrected chi connectivity index (χ1v) is 6.79. The van der Waals surface area contributed by atoms with Crippen LogP contribution in [-0.2, 0) is 5.88 Å². The summed E-state index contributed by atoms with van der Waals surface area (Å²) in [5, 5.41) is 0. The first-order chi connectivity index (χ1) is 9.61. The van der Waals surface area contributed by atoms with E-state index in [4.69, 9.17) is 11.6 Å². The second-order valence-electron chi connectivity index (χ2n) is 4.78. The molecule has 5 heteroatoms. The van der Waals surface area contributed by atoms with E-state index in [1.165, 1.54) is 0 Å². The Kier molecular flexibility index (Phi) is 3.18. The van der Waals surface area contributed by atoms with Crippen LogP contribution in [0.5, 0.6) is 0 Å². The predicted octanol–water partition coefficient (Wildman–Crippen LogP) is 3.92. The van der Waals surface area contributed by atoms with Crippen LogP contribution in [0.25, 0.3) is 16.9 Å². The molecule has 0 aliphatic carbocycles. The van der Waals surface area contributed by atoms with Crippen molar-refractivity contribution in [1.82, 2.24) is 14.5 Å². The third-order valence-electron chi connectivity index (χ3n) is 3.49. The number of benzene rings is 1. The highest BCUT2D eigenvalue weighted by atomic mass is 35.5. The lowest BCUT2D eigenvalue weighted by Gasteiger charge is -2.08. The Hall–Kier alpha value is -1.94. The molecule has 0 unspecified atom stereocenters. The highest BCUT2D eigenvalue weighted by Crippen LogP contribution is 2.23. The summed E-state index contributed by atoms with van der Waals surface area (Å²) in [6.45, 7) is 4.05. The van der Waals surface area contributed by atoms with Crippen molar-refractivity contribution < 1.29 is 4.39 Å². The highest BCUT2D eigenvalue weighted by Gasteiger charge is 2.14. The molecule has 0 bridgehead atoms. The maximum Gasteiger partial charge on any atom is 0.175 e. The summed E-state index contributed by atoms with van der Waals surface area (Å²) in [5.74, 6) is -0.0551. The zero-order valence-electron chi connectivity index (χ0n) is 11.2. The van der Waals surface area contributed by atoms with Gasteiger partial charge in [0, 0.05) is 11.8 Å². The molecule has 0 saturated heterocycles. The summed E-state index contributed by atoms with van der Waals surface area (Å²) >= 11 is 5.74. The van der Waals surface area contributed by atoms with E-state index in [-0.39, 0.29) is 11.7 Å². The zero-order valence-corrected chi connectivity index (χ0v) is 11.9. The number of nitrogens with zero attached hydrogens (tertiary/aromatic N) is 3. The van der Waals surface area contributed by atoms with Gasteiger partial charge in [-0.3, -0.25) is 4.57 Å². The topological polar surface area (TPSA) is 30.7 Å².